The van der Waals surface area contributed by atoms with Gasteiger partial charge in [-0.3, -0.25) is 15.0 Å². The lowest BCUT2D eigenvalue weighted by Gasteiger charge is -2.15. The Morgan fingerprint density at radius 3 is 1.78 bits per heavy atom. The summed E-state index contributed by atoms with van der Waals surface area (Å²) in [7, 11) is 1.57. The van der Waals surface area contributed by atoms with E-state index in [-0.39, 0.29) is 24.3 Å². The lowest BCUT2D eigenvalue weighted by atomic mass is 10.2. The molecule has 202 valence electrons. The fourth-order valence-corrected chi connectivity index (χ4v) is 2.82. The van der Waals surface area contributed by atoms with Crippen LogP contribution in [0.3, 0.4) is 0 Å². The summed E-state index contributed by atoms with van der Waals surface area (Å²) in [5.41, 5.74) is 5.28. The first-order chi connectivity index (χ1) is 17.5. The van der Waals surface area contributed by atoms with Gasteiger partial charge in [0.25, 0.3) is 0 Å². The predicted octanol–water partition coefficient (Wildman–Crippen LogP) is 3.98. The Bertz CT molecular complexity index is 741. The zero-order chi connectivity index (χ0) is 26.7. The zero-order valence-corrected chi connectivity index (χ0v) is 22.2. The molecule has 0 aromatic carbocycles. The molecule has 0 heterocycles. The third kappa shape index (κ3) is 24.0. The van der Waals surface area contributed by atoms with E-state index >= 15 is 0 Å². The van der Waals surface area contributed by atoms with Crippen LogP contribution in [0.15, 0.2) is 60.8 Å². The van der Waals surface area contributed by atoms with E-state index < -0.39 is 0 Å². The van der Waals surface area contributed by atoms with E-state index in [1.165, 1.54) is 4.90 Å². The number of hydrogen-bond donors (Lipinski definition) is 4. The summed E-state index contributed by atoms with van der Waals surface area (Å²) < 4.78 is 5.39. The van der Waals surface area contributed by atoms with Gasteiger partial charge in [-0.2, -0.15) is 0 Å². The highest BCUT2D eigenvalue weighted by atomic mass is 16.5. The van der Waals surface area contributed by atoms with Crippen molar-refractivity contribution in [2.75, 3.05) is 39.9 Å². The Kier molecular flexibility index (Phi) is 22.8. The second-order valence-corrected chi connectivity index (χ2v) is 8.15. The van der Waals surface area contributed by atoms with Gasteiger partial charge in [0.1, 0.15) is 0 Å². The lowest BCUT2D eigenvalue weighted by Crippen LogP contribution is -2.42. The van der Waals surface area contributed by atoms with Gasteiger partial charge in [-0.25, -0.2) is 0 Å². The molecule has 0 aliphatic rings. The molecule has 0 unspecified atom stereocenters. The van der Waals surface area contributed by atoms with Gasteiger partial charge in [0.05, 0.1) is 19.8 Å². The van der Waals surface area contributed by atoms with Crippen LogP contribution in [0.4, 0.5) is 0 Å². The molecular weight excluding hydrogens is 454 g/mol. The Balaban J connectivity index is 3.54. The number of carbonyl (C=O) groups is 2. The summed E-state index contributed by atoms with van der Waals surface area (Å²) in [4.78, 5) is 24.8. The van der Waals surface area contributed by atoms with Crippen LogP contribution in [0.5, 0.6) is 0 Å². The molecule has 0 aliphatic carbocycles. The number of unbranched alkanes of at least 4 members (excludes halogenated alkanes) is 1. The number of rotatable bonds is 21. The molecule has 0 atom stereocenters. The molecule has 0 aromatic heterocycles. The first-order valence-electron chi connectivity index (χ1n) is 12.9. The number of carbonyl (C=O) groups excluding carboxylic acids is 2. The minimum Gasteiger partial charge on any atom is -0.378 e. The monoisotopic (exact) mass is 501 g/mol. The molecule has 0 rings (SSSR count). The van der Waals surface area contributed by atoms with E-state index in [0.717, 1.165) is 44.9 Å². The van der Waals surface area contributed by atoms with Crippen molar-refractivity contribution in [2.45, 2.75) is 58.3 Å². The number of nitrogens with zero attached hydrogens (tertiary/aromatic N) is 1. The van der Waals surface area contributed by atoms with Gasteiger partial charge in [0.15, 0.2) is 5.96 Å². The number of hydrogen-bond acceptors (Lipinski definition) is 4. The first-order valence-corrected chi connectivity index (χ1v) is 12.9. The van der Waals surface area contributed by atoms with Crippen molar-refractivity contribution in [1.82, 2.24) is 15.5 Å². The fraction of sp³-hybridized carbons (Fsp3) is 0.536. The van der Waals surface area contributed by atoms with Crippen molar-refractivity contribution in [3.05, 3.63) is 60.8 Å². The molecule has 2 amide bonds. The minimum atomic E-state index is -0.225. The van der Waals surface area contributed by atoms with Crippen molar-refractivity contribution < 1.29 is 14.3 Å². The molecule has 0 bridgehead atoms. The van der Waals surface area contributed by atoms with Gasteiger partial charge in [-0.1, -0.05) is 67.7 Å². The van der Waals surface area contributed by atoms with Crippen molar-refractivity contribution in [3.8, 4) is 0 Å². The van der Waals surface area contributed by atoms with E-state index in [1.54, 1.807) is 7.05 Å². The number of nitrogens with one attached hydrogen (secondary N) is 3. The molecule has 0 spiro atoms. The molecule has 0 saturated heterocycles. The van der Waals surface area contributed by atoms with Crippen LogP contribution in [0.25, 0.3) is 0 Å². The quantitative estimate of drug-likeness (QED) is 0.0820. The van der Waals surface area contributed by atoms with Crippen LogP contribution in [-0.4, -0.2) is 62.6 Å². The van der Waals surface area contributed by atoms with E-state index in [0.29, 0.717) is 32.7 Å². The standard InChI is InChI=1S/C28H47N5O3/c1-3-4-5-6-7-8-9-10-11-12-13-14-15-16-17-18-19-20-26(34)31-21-23-36-24-22-32-27(35)25-33(2)28(29)30/h4-5,7-8,10-11,13-14,16-17H,3,6,9,12,15,18-25H2,1-2H3,(H3,29,30)(H,31,34)(H,32,35)/b5-4-,8-7-,11-10-,14-13-,17-16-. The van der Waals surface area contributed by atoms with Gasteiger partial charge in [0.2, 0.25) is 11.8 Å². The number of guanidine groups is 1. The van der Waals surface area contributed by atoms with Crippen molar-refractivity contribution >= 4 is 17.8 Å². The Morgan fingerprint density at radius 2 is 1.28 bits per heavy atom. The lowest BCUT2D eigenvalue weighted by molar-refractivity contribution is -0.121. The summed E-state index contributed by atoms with van der Waals surface area (Å²) in [6.07, 6.45) is 28.9. The third-order valence-corrected chi connectivity index (χ3v) is 4.86. The molecule has 0 saturated carbocycles. The van der Waals surface area contributed by atoms with E-state index in [2.05, 4.69) is 78.3 Å². The highest BCUT2D eigenvalue weighted by Gasteiger charge is 2.06. The summed E-state index contributed by atoms with van der Waals surface area (Å²) >= 11 is 0. The minimum absolute atomic E-state index is 0.0199. The molecule has 5 N–H and O–H groups in total. The smallest absolute Gasteiger partial charge is 0.239 e. The van der Waals surface area contributed by atoms with Gasteiger partial charge < -0.3 is 26.0 Å². The van der Waals surface area contributed by atoms with Crippen molar-refractivity contribution in [1.29, 1.82) is 5.41 Å². The zero-order valence-electron chi connectivity index (χ0n) is 22.2. The number of ether oxygens (including phenoxy) is 1. The summed E-state index contributed by atoms with van der Waals surface area (Å²) in [5.74, 6) is -0.362. The number of allylic oxidation sites excluding steroid dienone is 10. The van der Waals surface area contributed by atoms with Crippen molar-refractivity contribution in [2.24, 2.45) is 5.73 Å². The highest BCUT2D eigenvalue weighted by Crippen LogP contribution is 1.99. The molecule has 0 fully saturated rings. The fourth-order valence-electron chi connectivity index (χ4n) is 2.82. The predicted molar refractivity (Wildman–Crippen MR) is 150 cm³/mol. The maximum atomic E-state index is 11.8. The molecular formula is C28H47N5O3. The van der Waals surface area contributed by atoms with E-state index in [4.69, 9.17) is 15.9 Å². The van der Waals surface area contributed by atoms with Crippen LogP contribution in [-0.2, 0) is 14.3 Å². The van der Waals surface area contributed by atoms with Crippen LogP contribution in [0, 0.1) is 5.41 Å². The second-order valence-electron chi connectivity index (χ2n) is 8.15. The third-order valence-electron chi connectivity index (χ3n) is 4.86. The topological polar surface area (TPSA) is 121 Å². The maximum absolute atomic E-state index is 11.8. The molecule has 0 aromatic rings. The van der Waals surface area contributed by atoms with Crippen LogP contribution in [0.1, 0.15) is 58.3 Å². The van der Waals surface area contributed by atoms with E-state index in [1.807, 2.05) is 0 Å². The first kappa shape index (κ1) is 32.9. The second kappa shape index (κ2) is 25.0. The molecule has 36 heavy (non-hydrogen) atoms. The van der Waals surface area contributed by atoms with Crippen LogP contribution < -0.4 is 16.4 Å². The summed E-state index contributed by atoms with van der Waals surface area (Å²) in [5, 5.41) is 12.7. The summed E-state index contributed by atoms with van der Waals surface area (Å²) in [6, 6.07) is 0. The van der Waals surface area contributed by atoms with Crippen molar-refractivity contribution in [3.63, 3.8) is 0 Å². The molecule has 8 heteroatoms. The van der Waals surface area contributed by atoms with E-state index in [9.17, 15) is 9.59 Å². The number of amides is 2. The Labute approximate surface area is 217 Å². The Hall–Kier alpha value is -3.13. The average molecular weight is 502 g/mol. The largest absolute Gasteiger partial charge is 0.378 e. The van der Waals surface area contributed by atoms with Gasteiger partial charge in [0, 0.05) is 26.6 Å². The van der Waals surface area contributed by atoms with Gasteiger partial charge in [-0.15, -0.1) is 0 Å². The summed E-state index contributed by atoms with van der Waals surface area (Å²) in [6.45, 7) is 3.74. The van der Waals surface area contributed by atoms with Crippen LogP contribution >= 0.6 is 0 Å². The molecule has 0 aliphatic heterocycles. The van der Waals surface area contributed by atoms with Gasteiger partial charge in [-0.05, 0) is 44.9 Å². The highest BCUT2D eigenvalue weighted by molar-refractivity contribution is 5.83. The number of likely N-dealkylation sites (N-methyl/N-ethyl adjacent to an activating group) is 1. The molecule has 0 radical (unpaired) electrons. The average Bonchev–Trinajstić information content (AvgIpc) is 2.85. The maximum Gasteiger partial charge on any atom is 0.239 e. The Morgan fingerprint density at radius 1 is 0.806 bits per heavy atom. The van der Waals surface area contributed by atoms with Gasteiger partial charge >= 0.3 is 0 Å². The SMILES string of the molecule is CC/C=C\C/C=C\C/C=C\C/C=C\C/C=C\CCCC(=O)NCCOCCNC(=O)CN(C)C(=N)N. The normalized spacial score (nSPS) is 11.9. The number of nitrogens with two attached hydrogens (primary N) is 1. The molecule has 8 nitrogen and oxygen atoms in total. The van der Waals surface area contributed by atoms with Crippen LogP contribution in [0.2, 0.25) is 0 Å².